The lowest BCUT2D eigenvalue weighted by Gasteiger charge is -2.40. The minimum Gasteiger partial charge on any atom is -0.490 e. The molecule has 0 spiro atoms. The van der Waals surface area contributed by atoms with Crippen molar-refractivity contribution in [3.63, 3.8) is 0 Å². The van der Waals surface area contributed by atoms with E-state index in [-0.39, 0.29) is 23.5 Å². The van der Waals surface area contributed by atoms with E-state index in [0.717, 1.165) is 38.9 Å². The highest BCUT2D eigenvalue weighted by molar-refractivity contribution is 5.29. The Morgan fingerprint density at radius 2 is 2.14 bits per heavy atom. The van der Waals surface area contributed by atoms with E-state index in [4.69, 9.17) is 4.74 Å². The third-order valence-corrected chi connectivity index (χ3v) is 5.81. The summed E-state index contributed by atoms with van der Waals surface area (Å²) in [5.74, 6) is 0.637. The van der Waals surface area contributed by atoms with E-state index in [1.54, 1.807) is 18.2 Å². The predicted octanol–water partition coefficient (Wildman–Crippen LogP) is 3.59. The van der Waals surface area contributed by atoms with Gasteiger partial charge in [-0.2, -0.15) is 10.1 Å². The van der Waals surface area contributed by atoms with E-state index in [9.17, 15) is 13.2 Å². The monoisotopic (exact) mass is 409 g/mol. The molecule has 0 unspecified atom stereocenters. The quantitative estimate of drug-likeness (QED) is 0.709. The molecule has 3 atom stereocenters. The number of aromatic nitrogens is 3. The number of anilines is 1. The van der Waals surface area contributed by atoms with Crippen molar-refractivity contribution in [1.29, 1.82) is 0 Å². The van der Waals surface area contributed by atoms with Gasteiger partial charge in [0.25, 0.3) is 6.43 Å². The SMILES string of the molecule is Fc1ccccc1OCCCN1CCC[C@H]([C@@H]2C[C@H](C(F)F)n3ncnc3N2)C1. The summed E-state index contributed by atoms with van der Waals surface area (Å²) in [6, 6.07) is 5.43. The van der Waals surface area contributed by atoms with E-state index < -0.39 is 12.5 Å². The average Bonchev–Trinajstić information content (AvgIpc) is 3.20. The number of halogens is 3. The molecule has 1 aromatic carbocycles. The highest BCUT2D eigenvalue weighted by Gasteiger charge is 2.38. The summed E-state index contributed by atoms with van der Waals surface area (Å²) in [6.45, 7) is 3.12. The van der Waals surface area contributed by atoms with Gasteiger partial charge in [-0.1, -0.05) is 12.1 Å². The summed E-state index contributed by atoms with van der Waals surface area (Å²) in [4.78, 5) is 6.44. The molecule has 0 aliphatic carbocycles. The molecule has 3 heterocycles. The number of rotatable bonds is 7. The first-order valence-corrected chi connectivity index (χ1v) is 10.2. The number of hydrogen-bond donors (Lipinski definition) is 1. The first-order chi connectivity index (χ1) is 14.1. The Morgan fingerprint density at radius 1 is 1.28 bits per heavy atom. The van der Waals surface area contributed by atoms with Crippen molar-refractivity contribution < 1.29 is 17.9 Å². The molecule has 1 fully saturated rings. The normalized spacial score (nSPS) is 24.9. The summed E-state index contributed by atoms with van der Waals surface area (Å²) in [6.07, 6.45) is 2.03. The summed E-state index contributed by atoms with van der Waals surface area (Å²) in [5, 5.41) is 7.26. The molecule has 158 valence electrons. The molecule has 1 N–H and O–H groups in total. The number of para-hydroxylation sites is 1. The molecule has 2 aromatic rings. The third-order valence-electron chi connectivity index (χ3n) is 5.81. The fourth-order valence-corrected chi connectivity index (χ4v) is 4.36. The molecule has 9 heteroatoms. The van der Waals surface area contributed by atoms with Crippen LogP contribution < -0.4 is 10.1 Å². The van der Waals surface area contributed by atoms with Crippen molar-refractivity contribution >= 4 is 5.95 Å². The molecule has 1 aromatic heterocycles. The van der Waals surface area contributed by atoms with Crippen LogP contribution in [0.25, 0.3) is 0 Å². The van der Waals surface area contributed by atoms with E-state index in [0.29, 0.717) is 19.0 Å². The Morgan fingerprint density at radius 3 is 2.97 bits per heavy atom. The Balaban J connectivity index is 1.28. The van der Waals surface area contributed by atoms with Crippen LogP contribution in [0.5, 0.6) is 5.75 Å². The van der Waals surface area contributed by atoms with Crippen molar-refractivity contribution in [3.05, 3.63) is 36.4 Å². The maximum Gasteiger partial charge on any atom is 0.260 e. The van der Waals surface area contributed by atoms with Crippen LogP contribution in [-0.4, -0.2) is 58.4 Å². The number of alkyl halides is 2. The number of ether oxygens (including phenoxy) is 1. The van der Waals surface area contributed by atoms with Gasteiger partial charge in [-0.15, -0.1) is 0 Å². The molecule has 4 rings (SSSR count). The average molecular weight is 409 g/mol. The van der Waals surface area contributed by atoms with Crippen LogP contribution in [0.1, 0.15) is 31.7 Å². The number of likely N-dealkylation sites (tertiary alicyclic amines) is 1. The molecule has 0 amide bonds. The van der Waals surface area contributed by atoms with Crippen LogP contribution in [-0.2, 0) is 0 Å². The van der Waals surface area contributed by atoms with Crippen molar-refractivity contribution in [2.75, 3.05) is 31.6 Å². The fraction of sp³-hybridized carbons (Fsp3) is 0.600. The van der Waals surface area contributed by atoms with Crippen LogP contribution in [0.2, 0.25) is 0 Å². The molecule has 0 saturated carbocycles. The van der Waals surface area contributed by atoms with Crippen LogP contribution in [0, 0.1) is 11.7 Å². The van der Waals surface area contributed by atoms with Crippen LogP contribution >= 0.6 is 0 Å². The Bertz CT molecular complexity index is 802. The second-order valence-electron chi connectivity index (χ2n) is 7.75. The number of nitrogens with zero attached hydrogens (tertiary/aromatic N) is 4. The topological polar surface area (TPSA) is 55.2 Å². The maximum absolute atomic E-state index is 13.6. The first-order valence-electron chi connectivity index (χ1n) is 10.2. The number of fused-ring (bicyclic) bond motifs is 1. The summed E-state index contributed by atoms with van der Waals surface area (Å²) >= 11 is 0. The predicted molar refractivity (Wildman–Crippen MR) is 103 cm³/mol. The summed E-state index contributed by atoms with van der Waals surface area (Å²) in [7, 11) is 0. The van der Waals surface area contributed by atoms with Crippen molar-refractivity contribution in [2.45, 2.75) is 44.2 Å². The molecule has 6 nitrogen and oxygen atoms in total. The van der Waals surface area contributed by atoms with E-state index in [2.05, 4.69) is 20.3 Å². The zero-order chi connectivity index (χ0) is 20.2. The minimum absolute atomic E-state index is 0.0387. The number of piperidine rings is 1. The molecule has 2 aliphatic heterocycles. The van der Waals surface area contributed by atoms with E-state index in [1.807, 2.05) is 0 Å². The van der Waals surface area contributed by atoms with Gasteiger partial charge in [-0.3, -0.25) is 0 Å². The van der Waals surface area contributed by atoms with Gasteiger partial charge in [0.15, 0.2) is 11.6 Å². The standard InChI is InChI=1S/C20H26F3N5O/c21-15-6-1-2-7-18(15)29-10-4-9-27-8-3-5-14(12-27)16-11-17(19(22)23)28-20(26-16)24-13-25-28/h1-2,6-7,13-14,16-17,19H,3-5,8-12H2,(H,24,25,26)/t14-,16-,17+/m0/s1. The second kappa shape index (κ2) is 9.02. The molecule has 2 aliphatic rings. The molecular formula is C20H26F3N5O. The molecule has 0 radical (unpaired) electrons. The minimum atomic E-state index is -2.46. The maximum atomic E-state index is 13.6. The highest BCUT2D eigenvalue weighted by Crippen LogP contribution is 2.35. The fourth-order valence-electron chi connectivity index (χ4n) is 4.36. The molecule has 1 saturated heterocycles. The van der Waals surface area contributed by atoms with Gasteiger partial charge in [0.2, 0.25) is 5.95 Å². The van der Waals surface area contributed by atoms with Gasteiger partial charge in [-0.05, 0) is 50.3 Å². The van der Waals surface area contributed by atoms with E-state index >= 15 is 0 Å². The van der Waals surface area contributed by atoms with Crippen molar-refractivity contribution in [1.82, 2.24) is 19.7 Å². The van der Waals surface area contributed by atoms with Crippen LogP contribution in [0.4, 0.5) is 19.1 Å². The zero-order valence-electron chi connectivity index (χ0n) is 16.2. The van der Waals surface area contributed by atoms with Crippen molar-refractivity contribution in [3.8, 4) is 5.75 Å². The lowest BCUT2D eigenvalue weighted by Crippen LogP contribution is -2.47. The smallest absolute Gasteiger partial charge is 0.260 e. The van der Waals surface area contributed by atoms with Gasteiger partial charge in [-0.25, -0.2) is 17.9 Å². The Hall–Kier alpha value is -2.29. The molecule has 29 heavy (non-hydrogen) atoms. The first kappa shape index (κ1) is 20.0. The molecular weight excluding hydrogens is 383 g/mol. The van der Waals surface area contributed by atoms with Gasteiger partial charge in [0, 0.05) is 19.1 Å². The molecule has 0 bridgehead atoms. The van der Waals surface area contributed by atoms with Gasteiger partial charge in [0.05, 0.1) is 6.61 Å². The second-order valence-corrected chi connectivity index (χ2v) is 7.75. The Kier molecular flexibility index (Phi) is 6.22. The number of benzene rings is 1. The lowest BCUT2D eigenvalue weighted by atomic mass is 9.86. The van der Waals surface area contributed by atoms with Crippen LogP contribution in [0.3, 0.4) is 0 Å². The number of nitrogens with one attached hydrogen (secondary N) is 1. The third kappa shape index (κ3) is 4.66. The van der Waals surface area contributed by atoms with Crippen molar-refractivity contribution in [2.24, 2.45) is 5.92 Å². The Labute approximate surface area is 168 Å². The zero-order valence-corrected chi connectivity index (χ0v) is 16.2. The summed E-state index contributed by atoms with van der Waals surface area (Å²) in [5.41, 5.74) is 0. The highest BCUT2D eigenvalue weighted by atomic mass is 19.3. The van der Waals surface area contributed by atoms with Gasteiger partial charge in [0.1, 0.15) is 12.4 Å². The lowest BCUT2D eigenvalue weighted by molar-refractivity contribution is 0.0552. The van der Waals surface area contributed by atoms with Gasteiger partial charge >= 0.3 is 0 Å². The van der Waals surface area contributed by atoms with Crippen LogP contribution in [0.15, 0.2) is 30.6 Å². The van der Waals surface area contributed by atoms with Gasteiger partial charge < -0.3 is 15.0 Å². The number of hydrogen-bond acceptors (Lipinski definition) is 5. The summed E-state index contributed by atoms with van der Waals surface area (Å²) < 4.78 is 47.4. The van der Waals surface area contributed by atoms with E-state index in [1.165, 1.54) is 17.1 Å². The largest absolute Gasteiger partial charge is 0.490 e.